The maximum absolute atomic E-state index is 11.0. The molecule has 18 heavy (non-hydrogen) atoms. The van der Waals surface area contributed by atoms with Crippen LogP contribution in [0.15, 0.2) is 12.2 Å². The van der Waals surface area contributed by atoms with E-state index in [1.54, 1.807) is 0 Å². The Morgan fingerprint density at radius 3 is 1.44 bits per heavy atom. The van der Waals surface area contributed by atoms with Crippen molar-refractivity contribution in [3.8, 4) is 0 Å². The molecule has 0 aliphatic carbocycles. The minimum absolute atomic E-state index is 0.126. The summed E-state index contributed by atoms with van der Waals surface area (Å²) < 4.78 is 9.42. The maximum Gasteiger partial charge on any atom is 0.313 e. The Bertz CT molecular complexity index is 335. The molecule has 0 N–H and O–H groups in total. The quantitative estimate of drug-likeness (QED) is 0.359. The van der Waals surface area contributed by atoms with Gasteiger partial charge in [0.2, 0.25) is 0 Å². The third kappa shape index (κ3) is 9.26. The van der Waals surface area contributed by atoms with Crippen molar-refractivity contribution in [1.82, 2.24) is 0 Å². The first-order chi connectivity index (χ1) is 8.31. The number of esters is 2. The first kappa shape index (κ1) is 16.0. The lowest BCUT2D eigenvalue weighted by molar-refractivity contribution is -0.145. The predicted molar refractivity (Wildman–Crippen MR) is 61.7 cm³/mol. The highest BCUT2D eigenvalue weighted by Gasteiger charge is 2.09. The molecule has 0 bridgehead atoms. The molecule has 0 aromatic heterocycles. The number of hydrogen-bond acceptors (Lipinski definition) is 6. The maximum atomic E-state index is 11.0. The highest BCUT2D eigenvalue weighted by Crippen LogP contribution is 1.98. The Morgan fingerprint density at radius 2 is 1.17 bits per heavy atom. The molecule has 0 fully saturated rings. The molecule has 100 valence electrons. The van der Waals surface area contributed by atoms with E-state index < -0.39 is 11.9 Å². The van der Waals surface area contributed by atoms with E-state index in [0.717, 1.165) is 0 Å². The molecular weight excluding hydrogens is 240 g/mol. The van der Waals surface area contributed by atoms with Crippen LogP contribution < -0.4 is 0 Å². The summed E-state index contributed by atoms with van der Waals surface area (Å²) in [6.07, 6.45) is -0.588. The van der Waals surface area contributed by atoms with Gasteiger partial charge in [-0.2, -0.15) is 0 Å². The van der Waals surface area contributed by atoms with Gasteiger partial charge in [-0.3, -0.25) is 19.2 Å². The van der Waals surface area contributed by atoms with E-state index in [1.807, 2.05) is 0 Å². The van der Waals surface area contributed by atoms with Crippen molar-refractivity contribution >= 4 is 23.5 Å². The van der Waals surface area contributed by atoms with Crippen LogP contribution in [0, 0.1) is 0 Å². The van der Waals surface area contributed by atoms with E-state index in [-0.39, 0.29) is 37.6 Å². The number of Topliss-reactive ketones (excluding diaryl/α,β-unsaturated/α-hetero) is 2. The first-order valence-electron chi connectivity index (χ1n) is 5.28. The Kier molecular flexibility index (Phi) is 7.26. The van der Waals surface area contributed by atoms with Crippen molar-refractivity contribution in [1.29, 1.82) is 0 Å². The zero-order valence-electron chi connectivity index (χ0n) is 10.5. The Morgan fingerprint density at radius 1 is 0.833 bits per heavy atom. The number of carbonyl (C=O) groups is 4. The van der Waals surface area contributed by atoms with Gasteiger partial charge in [0, 0.05) is 0 Å². The largest absolute Gasteiger partial charge is 0.461 e. The molecule has 0 aromatic rings. The summed E-state index contributed by atoms with van der Waals surface area (Å²) >= 11 is 0. The van der Waals surface area contributed by atoms with Gasteiger partial charge in [-0.1, -0.05) is 6.58 Å². The van der Waals surface area contributed by atoms with E-state index in [1.165, 1.54) is 13.8 Å². The molecule has 0 saturated heterocycles. The lowest BCUT2D eigenvalue weighted by Gasteiger charge is -2.07. The van der Waals surface area contributed by atoms with Crippen molar-refractivity contribution in [3.05, 3.63) is 12.2 Å². The van der Waals surface area contributed by atoms with Crippen LogP contribution in [0.3, 0.4) is 0 Å². The molecule has 0 aromatic carbocycles. The summed E-state index contributed by atoms with van der Waals surface area (Å²) in [5.74, 6) is -1.89. The van der Waals surface area contributed by atoms with Crippen molar-refractivity contribution in [3.63, 3.8) is 0 Å². The van der Waals surface area contributed by atoms with Crippen molar-refractivity contribution in [2.75, 3.05) is 13.2 Å². The highest BCUT2D eigenvalue weighted by atomic mass is 16.5. The second kappa shape index (κ2) is 8.16. The van der Waals surface area contributed by atoms with Crippen LogP contribution >= 0.6 is 0 Å². The number of ketones is 2. The van der Waals surface area contributed by atoms with Gasteiger partial charge in [-0.15, -0.1) is 0 Å². The zero-order valence-corrected chi connectivity index (χ0v) is 10.5. The van der Waals surface area contributed by atoms with Gasteiger partial charge in [-0.05, 0) is 19.4 Å². The normalized spacial score (nSPS) is 9.44. The fourth-order valence-corrected chi connectivity index (χ4v) is 0.915. The molecular formula is C12H16O6. The van der Waals surface area contributed by atoms with Crippen LogP contribution in [0.4, 0.5) is 0 Å². The predicted octanol–water partition coefficient (Wildman–Crippen LogP) is 0.587. The molecule has 0 aliphatic rings. The monoisotopic (exact) mass is 256 g/mol. The van der Waals surface area contributed by atoms with Gasteiger partial charge in [0.15, 0.2) is 0 Å². The van der Waals surface area contributed by atoms with Gasteiger partial charge < -0.3 is 9.47 Å². The number of ether oxygens (including phenoxy) is 2. The molecule has 0 unspecified atom stereocenters. The molecule has 0 aliphatic heterocycles. The Hall–Kier alpha value is -1.98. The van der Waals surface area contributed by atoms with Crippen LogP contribution in [-0.2, 0) is 28.7 Å². The van der Waals surface area contributed by atoms with Gasteiger partial charge >= 0.3 is 11.9 Å². The summed E-state index contributed by atoms with van der Waals surface area (Å²) in [5.41, 5.74) is 0.365. The first-order valence-corrected chi connectivity index (χ1v) is 5.28. The second-order valence-electron chi connectivity index (χ2n) is 3.83. The molecule has 0 spiro atoms. The van der Waals surface area contributed by atoms with Crippen molar-refractivity contribution in [2.45, 2.75) is 26.7 Å². The standard InChI is InChI=1S/C12H16O6/c1-8(6-17-11(15)4-9(2)13)7-18-12(16)5-10(3)14/h1,4-7H2,2-3H3. The minimum Gasteiger partial charge on any atom is -0.461 e. The average molecular weight is 256 g/mol. The fourth-order valence-electron chi connectivity index (χ4n) is 0.915. The van der Waals surface area contributed by atoms with E-state index in [4.69, 9.17) is 9.47 Å². The highest BCUT2D eigenvalue weighted by molar-refractivity contribution is 5.94. The van der Waals surface area contributed by atoms with Crippen molar-refractivity contribution in [2.24, 2.45) is 0 Å². The Labute approximate surface area is 105 Å². The molecule has 0 amide bonds. The lowest BCUT2D eigenvalue weighted by atomic mass is 10.3. The molecule has 6 heteroatoms. The zero-order chi connectivity index (χ0) is 14.1. The van der Waals surface area contributed by atoms with Crippen LogP contribution in [0.1, 0.15) is 26.7 Å². The van der Waals surface area contributed by atoms with Gasteiger partial charge in [0.05, 0.1) is 0 Å². The number of rotatable bonds is 8. The topological polar surface area (TPSA) is 86.7 Å². The smallest absolute Gasteiger partial charge is 0.313 e. The minimum atomic E-state index is -0.654. The van der Waals surface area contributed by atoms with Crippen LogP contribution in [0.25, 0.3) is 0 Å². The number of carbonyl (C=O) groups excluding carboxylic acids is 4. The van der Waals surface area contributed by atoms with E-state index >= 15 is 0 Å². The summed E-state index contributed by atoms with van der Waals surface area (Å²) in [4.78, 5) is 43.2. The Balaban J connectivity index is 3.78. The average Bonchev–Trinajstić information content (AvgIpc) is 2.21. The summed E-state index contributed by atoms with van der Waals surface area (Å²) in [5, 5.41) is 0. The van der Waals surface area contributed by atoms with Crippen LogP contribution in [0.2, 0.25) is 0 Å². The molecule has 6 nitrogen and oxygen atoms in total. The summed E-state index contributed by atoms with van der Waals surface area (Å²) in [7, 11) is 0. The fraction of sp³-hybridized carbons (Fsp3) is 0.500. The molecule has 0 rings (SSSR count). The molecule has 0 saturated carbocycles. The van der Waals surface area contributed by atoms with Crippen LogP contribution in [0.5, 0.6) is 0 Å². The second-order valence-corrected chi connectivity index (χ2v) is 3.83. The summed E-state index contributed by atoms with van der Waals surface area (Å²) in [6.45, 7) is 5.84. The van der Waals surface area contributed by atoms with Gasteiger partial charge in [0.1, 0.15) is 37.6 Å². The van der Waals surface area contributed by atoms with E-state index in [0.29, 0.717) is 5.57 Å². The van der Waals surface area contributed by atoms with E-state index in [2.05, 4.69) is 6.58 Å². The van der Waals surface area contributed by atoms with Gasteiger partial charge in [0.25, 0.3) is 0 Å². The summed E-state index contributed by atoms with van der Waals surface area (Å²) in [6, 6.07) is 0. The third-order valence-corrected chi connectivity index (χ3v) is 1.66. The molecule has 0 radical (unpaired) electrons. The molecule has 0 heterocycles. The lowest BCUT2D eigenvalue weighted by Crippen LogP contribution is -2.15. The number of hydrogen-bond donors (Lipinski definition) is 0. The van der Waals surface area contributed by atoms with Crippen LogP contribution in [-0.4, -0.2) is 36.7 Å². The van der Waals surface area contributed by atoms with Gasteiger partial charge in [-0.25, -0.2) is 0 Å². The third-order valence-electron chi connectivity index (χ3n) is 1.66. The van der Waals surface area contributed by atoms with E-state index in [9.17, 15) is 19.2 Å². The SMILES string of the molecule is C=C(COC(=O)CC(C)=O)COC(=O)CC(C)=O. The molecule has 0 atom stereocenters. The van der Waals surface area contributed by atoms with Crippen molar-refractivity contribution < 1.29 is 28.7 Å².